The van der Waals surface area contributed by atoms with Gasteiger partial charge in [-0.05, 0) is 38.8 Å². The van der Waals surface area contributed by atoms with Crippen LogP contribution in [0.1, 0.15) is 56.7 Å². The molecule has 0 saturated heterocycles. The van der Waals surface area contributed by atoms with E-state index in [0.717, 1.165) is 22.1 Å². The Kier molecular flexibility index (Phi) is 8.41. The lowest BCUT2D eigenvalue weighted by molar-refractivity contribution is -0.143. The van der Waals surface area contributed by atoms with Crippen LogP contribution in [0.4, 0.5) is 0 Å². The number of ketones is 1. The van der Waals surface area contributed by atoms with Crippen LogP contribution in [0.25, 0.3) is 27.7 Å². The van der Waals surface area contributed by atoms with Gasteiger partial charge in [0.25, 0.3) is 0 Å². The number of likely N-dealkylation sites (N-methyl/N-ethyl adjacent to an activating group) is 1. The van der Waals surface area contributed by atoms with Crippen molar-refractivity contribution >= 4 is 34.2 Å². The van der Waals surface area contributed by atoms with Gasteiger partial charge >= 0.3 is 5.97 Å². The quantitative estimate of drug-likeness (QED) is 0.213. The molecule has 1 amide bonds. The van der Waals surface area contributed by atoms with Crippen molar-refractivity contribution in [3.63, 3.8) is 0 Å². The number of ether oxygens (including phenoxy) is 1. The number of carbonyl (C=O) groups excluding carboxylic acids is 3. The van der Waals surface area contributed by atoms with E-state index in [4.69, 9.17) is 9.15 Å². The number of allylic oxidation sites excluding steroid dienone is 1. The fraction of sp³-hybridized carbons (Fsp3) is 0.321. The molecule has 0 radical (unpaired) electrons. The second-order valence-corrected chi connectivity index (χ2v) is 7.92. The van der Waals surface area contributed by atoms with E-state index in [1.807, 2.05) is 69.3 Å². The minimum atomic E-state index is -0.414. The fourth-order valence-electron chi connectivity index (χ4n) is 3.97. The molecule has 34 heavy (non-hydrogen) atoms. The zero-order valence-corrected chi connectivity index (χ0v) is 20.2. The molecule has 0 aliphatic heterocycles. The number of hydrogen-bond donors (Lipinski definition) is 0. The highest BCUT2D eigenvalue weighted by Crippen LogP contribution is 2.38. The summed E-state index contributed by atoms with van der Waals surface area (Å²) in [6.45, 7) is 9.00. The zero-order valence-electron chi connectivity index (χ0n) is 20.2. The van der Waals surface area contributed by atoms with Crippen LogP contribution in [0, 0.1) is 0 Å². The van der Waals surface area contributed by atoms with Crippen molar-refractivity contribution in [1.29, 1.82) is 0 Å². The van der Waals surface area contributed by atoms with Gasteiger partial charge in [-0.1, -0.05) is 48.5 Å². The van der Waals surface area contributed by atoms with Crippen LogP contribution in [-0.4, -0.2) is 42.3 Å². The lowest BCUT2D eigenvalue weighted by Gasteiger charge is -2.16. The summed E-state index contributed by atoms with van der Waals surface area (Å²) in [5.41, 5.74) is 3.58. The maximum Gasteiger partial charge on any atom is 0.306 e. The minimum absolute atomic E-state index is 0.0108. The molecule has 6 heteroatoms. The van der Waals surface area contributed by atoms with Gasteiger partial charge < -0.3 is 14.1 Å². The second-order valence-electron chi connectivity index (χ2n) is 7.92. The van der Waals surface area contributed by atoms with Crippen LogP contribution in [0.15, 0.2) is 59.0 Å². The number of para-hydroxylation sites is 1. The van der Waals surface area contributed by atoms with E-state index in [1.54, 1.807) is 17.9 Å². The van der Waals surface area contributed by atoms with Gasteiger partial charge in [-0.3, -0.25) is 14.4 Å². The van der Waals surface area contributed by atoms with Gasteiger partial charge in [0.2, 0.25) is 5.91 Å². The van der Waals surface area contributed by atoms with Crippen molar-refractivity contribution in [2.24, 2.45) is 0 Å². The van der Waals surface area contributed by atoms with Crippen LogP contribution >= 0.6 is 0 Å². The highest BCUT2D eigenvalue weighted by Gasteiger charge is 2.24. The summed E-state index contributed by atoms with van der Waals surface area (Å²) < 4.78 is 11.1. The molecule has 0 aliphatic rings. The molecule has 0 saturated carbocycles. The first-order valence-electron chi connectivity index (χ1n) is 11.7. The van der Waals surface area contributed by atoms with Gasteiger partial charge in [0.15, 0.2) is 11.5 Å². The highest BCUT2D eigenvalue weighted by atomic mass is 16.5. The van der Waals surface area contributed by atoms with E-state index in [1.165, 1.54) is 0 Å². The average molecular weight is 462 g/mol. The van der Waals surface area contributed by atoms with Crippen molar-refractivity contribution in [2.75, 3.05) is 19.7 Å². The summed E-state index contributed by atoms with van der Waals surface area (Å²) in [5, 5.41) is 0.784. The number of carbonyl (C=O) groups is 3. The third-order valence-corrected chi connectivity index (χ3v) is 5.73. The summed E-state index contributed by atoms with van der Waals surface area (Å²) in [5.74, 6) is -0.543. The molecule has 1 aromatic heterocycles. The minimum Gasteiger partial charge on any atom is -0.466 e. The molecule has 3 rings (SSSR count). The summed E-state index contributed by atoms with van der Waals surface area (Å²) >= 11 is 0. The Morgan fingerprint density at radius 1 is 0.941 bits per heavy atom. The Balaban J connectivity index is 2.11. The molecule has 0 aliphatic carbocycles. The number of nitrogens with zero attached hydrogens (tertiary/aromatic N) is 1. The van der Waals surface area contributed by atoms with Crippen molar-refractivity contribution in [3.8, 4) is 11.1 Å². The van der Waals surface area contributed by atoms with Crippen LogP contribution in [0.2, 0.25) is 0 Å². The molecule has 3 aromatic rings. The Bertz CT molecular complexity index is 1200. The van der Waals surface area contributed by atoms with Crippen molar-refractivity contribution < 1.29 is 23.5 Å². The molecule has 6 nitrogen and oxygen atoms in total. The number of hydrogen-bond acceptors (Lipinski definition) is 5. The number of esters is 1. The molecule has 0 unspecified atom stereocenters. The first-order valence-corrected chi connectivity index (χ1v) is 11.7. The van der Waals surface area contributed by atoms with Gasteiger partial charge in [0, 0.05) is 42.1 Å². The number of rotatable bonds is 10. The van der Waals surface area contributed by atoms with E-state index in [2.05, 4.69) is 0 Å². The lowest BCUT2D eigenvalue weighted by Crippen LogP contribution is -2.28. The van der Waals surface area contributed by atoms with Gasteiger partial charge in [-0.2, -0.15) is 0 Å². The number of Topliss-reactive ketones (excluding diaryl/α,β-unsaturated/α-hetero) is 1. The molecule has 0 fully saturated rings. The molecule has 0 atom stereocenters. The third-order valence-electron chi connectivity index (χ3n) is 5.73. The van der Waals surface area contributed by atoms with Crippen molar-refractivity contribution in [2.45, 2.75) is 40.5 Å². The van der Waals surface area contributed by atoms with Crippen molar-refractivity contribution in [3.05, 3.63) is 65.9 Å². The molecule has 0 bridgehead atoms. The largest absolute Gasteiger partial charge is 0.466 e. The maximum atomic E-state index is 13.2. The number of amides is 1. The smallest absolute Gasteiger partial charge is 0.306 e. The SMILES string of the molecule is CCOC(=O)CCC(=O)c1oc2c(/C(C)=C/C(=O)N(CC)CC)cccc2c1-c1ccccc1. The fourth-order valence-corrected chi connectivity index (χ4v) is 3.97. The van der Waals surface area contributed by atoms with E-state index in [0.29, 0.717) is 24.2 Å². The molecular weight excluding hydrogens is 430 g/mol. The number of benzene rings is 2. The molecular formula is C28H31NO5. The Morgan fingerprint density at radius 2 is 1.65 bits per heavy atom. The highest BCUT2D eigenvalue weighted by molar-refractivity contribution is 6.11. The van der Waals surface area contributed by atoms with E-state index in [-0.39, 0.29) is 36.9 Å². The summed E-state index contributed by atoms with van der Waals surface area (Å²) in [7, 11) is 0. The predicted octanol–water partition coefficient (Wildman–Crippen LogP) is 5.90. The maximum absolute atomic E-state index is 13.2. The standard InChI is InChI=1S/C28H31NO5/c1-5-29(6-2)24(31)18-19(4)21-14-11-15-22-26(20-12-9-8-10-13-20)28(34-27(21)22)23(30)16-17-25(32)33-7-3/h8-15,18H,5-7,16-17H2,1-4H3/b19-18+. The zero-order chi connectivity index (χ0) is 24.7. The van der Waals surface area contributed by atoms with Crippen molar-refractivity contribution in [1.82, 2.24) is 4.90 Å². The Hall–Kier alpha value is -3.67. The molecule has 178 valence electrons. The molecule has 0 N–H and O–H groups in total. The summed E-state index contributed by atoms with van der Waals surface area (Å²) in [4.78, 5) is 39.4. The van der Waals surface area contributed by atoms with Crippen LogP contribution in [-0.2, 0) is 14.3 Å². The lowest BCUT2D eigenvalue weighted by atomic mass is 9.97. The summed E-state index contributed by atoms with van der Waals surface area (Å²) in [6.07, 6.45) is 1.58. The van der Waals surface area contributed by atoms with E-state index < -0.39 is 5.97 Å². The van der Waals surface area contributed by atoms with E-state index in [9.17, 15) is 14.4 Å². The van der Waals surface area contributed by atoms with Gasteiger partial charge in [0.1, 0.15) is 5.58 Å². The first-order chi connectivity index (χ1) is 16.4. The Labute approximate surface area is 200 Å². The van der Waals surface area contributed by atoms with Gasteiger partial charge in [0.05, 0.1) is 13.0 Å². The number of fused-ring (bicyclic) bond motifs is 1. The number of furan rings is 1. The van der Waals surface area contributed by atoms with E-state index >= 15 is 0 Å². The van der Waals surface area contributed by atoms with Crippen LogP contribution in [0.3, 0.4) is 0 Å². The van der Waals surface area contributed by atoms with Crippen LogP contribution < -0.4 is 0 Å². The molecule has 2 aromatic carbocycles. The summed E-state index contributed by atoms with van der Waals surface area (Å²) in [6, 6.07) is 15.2. The second kappa shape index (κ2) is 11.5. The monoisotopic (exact) mass is 461 g/mol. The third kappa shape index (κ3) is 5.45. The average Bonchev–Trinajstić information content (AvgIpc) is 3.24. The van der Waals surface area contributed by atoms with Gasteiger partial charge in [-0.15, -0.1) is 0 Å². The first kappa shape index (κ1) is 25.0. The predicted molar refractivity (Wildman–Crippen MR) is 133 cm³/mol. The normalized spacial score (nSPS) is 11.5. The van der Waals surface area contributed by atoms with Crippen LogP contribution in [0.5, 0.6) is 0 Å². The van der Waals surface area contributed by atoms with Gasteiger partial charge in [-0.25, -0.2) is 0 Å². The topological polar surface area (TPSA) is 76.8 Å². The molecule has 0 spiro atoms. The molecule has 1 heterocycles. The Morgan fingerprint density at radius 3 is 2.29 bits per heavy atom.